The Morgan fingerprint density at radius 1 is 1.44 bits per heavy atom. The first kappa shape index (κ1) is 13.3. The first-order valence-electron chi connectivity index (χ1n) is 5.47. The molecule has 96 valence electrons. The molecule has 1 atom stereocenters. The summed E-state index contributed by atoms with van der Waals surface area (Å²) in [6.07, 6.45) is 0. The Morgan fingerprint density at radius 2 is 2.22 bits per heavy atom. The molecule has 0 aliphatic rings. The second kappa shape index (κ2) is 5.69. The smallest absolute Gasteiger partial charge is 0.165 e. The fraction of sp³-hybridized carbons (Fsp3) is 0.231. The van der Waals surface area contributed by atoms with Crippen molar-refractivity contribution in [3.8, 4) is 5.75 Å². The molecule has 2 aromatic rings. The van der Waals surface area contributed by atoms with Crippen LogP contribution in [0.1, 0.15) is 23.4 Å². The lowest BCUT2D eigenvalue weighted by Crippen LogP contribution is -2.05. The number of rotatable bonds is 4. The van der Waals surface area contributed by atoms with Gasteiger partial charge in [-0.25, -0.2) is 4.39 Å². The van der Waals surface area contributed by atoms with Crippen LogP contribution in [0.15, 0.2) is 29.6 Å². The Balaban J connectivity index is 2.08. The minimum absolute atomic E-state index is 0.194. The quantitative estimate of drug-likeness (QED) is 0.916. The topological polar surface area (TPSA) is 35.2 Å². The van der Waals surface area contributed by atoms with E-state index in [9.17, 15) is 4.39 Å². The highest BCUT2D eigenvalue weighted by Gasteiger charge is 2.09. The van der Waals surface area contributed by atoms with Crippen molar-refractivity contribution in [2.75, 3.05) is 0 Å². The molecular weight excluding hydrogens is 273 g/mol. The second-order valence-corrected chi connectivity index (χ2v) is 5.37. The minimum Gasteiger partial charge on any atom is -0.485 e. The van der Waals surface area contributed by atoms with Crippen molar-refractivity contribution < 1.29 is 9.13 Å². The van der Waals surface area contributed by atoms with E-state index in [1.807, 2.05) is 5.38 Å². The van der Waals surface area contributed by atoms with Crippen LogP contribution in [0.3, 0.4) is 0 Å². The van der Waals surface area contributed by atoms with E-state index in [2.05, 4.69) is 0 Å². The van der Waals surface area contributed by atoms with Crippen molar-refractivity contribution >= 4 is 22.9 Å². The molecule has 0 saturated heterocycles. The Labute approximate surface area is 114 Å². The number of hydrogen-bond acceptors (Lipinski definition) is 3. The molecule has 2 nitrogen and oxygen atoms in total. The van der Waals surface area contributed by atoms with Gasteiger partial charge < -0.3 is 10.5 Å². The van der Waals surface area contributed by atoms with E-state index in [4.69, 9.17) is 22.1 Å². The molecule has 2 rings (SSSR count). The van der Waals surface area contributed by atoms with E-state index >= 15 is 0 Å². The lowest BCUT2D eigenvalue weighted by atomic mass is 10.1. The van der Waals surface area contributed by atoms with Gasteiger partial charge in [-0.15, -0.1) is 11.3 Å². The largest absolute Gasteiger partial charge is 0.485 e. The summed E-state index contributed by atoms with van der Waals surface area (Å²) in [7, 11) is 0. The van der Waals surface area contributed by atoms with E-state index in [1.165, 1.54) is 17.4 Å². The zero-order valence-electron chi connectivity index (χ0n) is 9.82. The van der Waals surface area contributed by atoms with Crippen molar-refractivity contribution in [3.05, 3.63) is 50.9 Å². The third-order valence-corrected chi connectivity index (χ3v) is 3.89. The summed E-state index contributed by atoms with van der Waals surface area (Å²) in [4.78, 5) is 0.882. The number of halogens is 2. The summed E-state index contributed by atoms with van der Waals surface area (Å²) in [5.74, 6) is -0.193. The van der Waals surface area contributed by atoms with Gasteiger partial charge in [0.05, 0.1) is 9.90 Å². The Morgan fingerprint density at radius 3 is 2.78 bits per heavy atom. The first-order chi connectivity index (χ1) is 8.58. The Hall–Kier alpha value is -1.10. The highest BCUT2D eigenvalue weighted by atomic mass is 35.5. The molecule has 0 saturated carbocycles. The first-order valence-corrected chi connectivity index (χ1v) is 6.73. The number of thiophene rings is 1. The van der Waals surface area contributed by atoms with Gasteiger partial charge in [-0.05, 0) is 36.1 Å². The molecule has 18 heavy (non-hydrogen) atoms. The lowest BCUT2D eigenvalue weighted by Gasteiger charge is -2.10. The second-order valence-electron chi connectivity index (χ2n) is 3.96. The Kier molecular flexibility index (Phi) is 4.22. The van der Waals surface area contributed by atoms with Gasteiger partial charge in [-0.3, -0.25) is 0 Å². The summed E-state index contributed by atoms with van der Waals surface area (Å²) in [5.41, 5.74) is 6.42. The third-order valence-electron chi connectivity index (χ3n) is 2.53. The average molecular weight is 286 g/mol. The van der Waals surface area contributed by atoms with Crippen LogP contribution in [0.4, 0.5) is 4.39 Å². The van der Waals surface area contributed by atoms with Crippen molar-refractivity contribution in [1.82, 2.24) is 0 Å². The van der Waals surface area contributed by atoms with Crippen LogP contribution >= 0.6 is 22.9 Å². The molecule has 0 unspecified atom stereocenters. The highest BCUT2D eigenvalue weighted by Crippen LogP contribution is 2.26. The summed E-state index contributed by atoms with van der Waals surface area (Å²) < 4.78 is 19.1. The predicted molar refractivity (Wildman–Crippen MR) is 72.7 cm³/mol. The molecule has 1 aromatic heterocycles. The van der Waals surface area contributed by atoms with Crippen LogP contribution in [0.2, 0.25) is 5.02 Å². The highest BCUT2D eigenvalue weighted by molar-refractivity contribution is 7.10. The van der Waals surface area contributed by atoms with Gasteiger partial charge in [0.1, 0.15) is 6.61 Å². The zero-order chi connectivity index (χ0) is 13.1. The van der Waals surface area contributed by atoms with Gasteiger partial charge in [-0.2, -0.15) is 0 Å². The van der Waals surface area contributed by atoms with Gasteiger partial charge in [-0.1, -0.05) is 17.7 Å². The molecule has 0 aliphatic carbocycles. The molecule has 0 radical (unpaired) electrons. The lowest BCUT2D eigenvalue weighted by molar-refractivity contribution is 0.293. The number of nitrogens with two attached hydrogens (primary N) is 1. The summed E-state index contributed by atoms with van der Waals surface area (Å²) in [6.45, 7) is 2.08. The van der Waals surface area contributed by atoms with Gasteiger partial charge in [0.25, 0.3) is 0 Å². The van der Waals surface area contributed by atoms with Crippen LogP contribution < -0.4 is 10.5 Å². The third kappa shape index (κ3) is 3.02. The van der Waals surface area contributed by atoms with Gasteiger partial charge in [0, 0.05) is 6.04 Å². The average Bonchev–Trinajstić information content (AvgIpc) is 2.73. The SMILES string of the molecule is C[C@H](N)c1ccc(OCc2sccc2Cl)c(F)c1. The van der Waals surface area contributed by atoms with E-state index in [-0.39, 0.29) is 18.4 Å². The van der Waals surface area contributed by atoms with Crippen molar-refractivity contribution in [1.29, 1.82) is 0 Å². The molecule has 2 N–H and O–H groups in total. The number of benzene rings is 1. The maximum atomic E-state index is 13.7. The standard InChI is InChI=1S/C13H13ClFNOS/c1-8(16)9-2-3-12(11(15)6-9)17-7-13-10(14)4-5-18-13/h2-6,8H,7,16H2,1H3/t8-/m0/s1. The fourth-order valence-corrected chi connectivity index (χ4v) is 2.49. The predicted octanol–water partition coefficient (Wildman–Crippen LogP) is 4.14. The molecule has 1 heterocycles. The molecule has 0 bridgehead atoms. The van der Waals surface area contributed by atoms with Gasteiger partial charge >= 0.3 is 0 Å². The molecular formula is C13H13ClFNOS. The summed E-state index contributed by atoms with van der Waals surface area (Å²) in [5, 5.41) is 2.52. The maximum Gasteiger partial charge on any atom is 0.165 e. The van der Waals surface area contributed by atoms with Crippen molar-refractivity contribution in [3.63, 3.8) is 0 Å². The van der Waals surface area contributed by atoms with Crippen LogP contribution in [-0.2, 0) is 6.61 Å². The monoisotopic (exact) mass is 285 g/mol. The van der Waals surface area contributed by atoms with Crippen LogP contribution in [0, 0.1) is 5.82 Å². The minimum atomic E-state index is -0.405. The molecule has 0 spiro atoms. The molecule has 0 amide bonds. The van der Waals surface area contributed by atoms with E-state index in [0.29, 0.717) is 5.02 Å². The summed E-state index contributed by atoms with van der Waals surface area (Å²) in [6, 6.07) is 6.35. The number of hydrogen-bond donors (Lipinski definition) is 1. The molecule has 0 fully saturated rings. The van der Waals surface area contributed by atoms with Gasteiger partial charge in [0.2, 0.25) is 0 Å². The molecule has 0 aliphatic heterocycles. The van der Waals surface area contributed by atoms with E-state index < -0.39 is 5.82 Å². The molecule has 5 heteroatoms. The summed E-state index contributed by atoms with van der Waals surface area (Å²) >= 11 is 7.42. The fourth-order valence-electron chi connectivity index (χ4n) is 1.49. The van der Waals surface area contributed by atoms with Crippen LogP contribution in [-0.4, -0.2) is 0 Å². The van der Waals surface area contributed by atoms with Crippen LogP contribution in [0.5, 0.6) is 5.75 Å². The van der Waals surface area contributed by atoms with Gasteiger partial charge in [0.15, 0.2) is 11.6 Å². The normalized spacial score (nSPS) is 12.4. The van der Waals surface area contributed by atoms with Crippen molar-refractivity contribution in [2.24, 2.45) is 5.73 Å². The Bertz CT molecular complexity index is 542. The van der Waals surface area contributed by atoms with Crippen LogP contribution in [0.25, 0.3) is 0 Å². The molecule has 1 aromatic carbocycles. The maximum absolute atomic E-state index is 13.7. The van der Waals surface area contributed by atoms with Crippen molar-refractivity contribution in [2.45, 2.75) is 19.6 Å². The number of ether oxygens (including phenoxy) is 1. The van der Waals surface area contributed by atoms with E-state index in [0.717, 1.165) is 10.4 Å². The zero-order valence-corrected chi connectivity index (χ0v) is 11.4. The van der Waals surface area contributed by atoms with E-state index in [1.54, 1.807) is 25.1 Å².